The minimum absolute atomic E-state index is 0. The van der Waals surface area contributed by atoms with Gasteiger partial charge in [-0.25, -0.2) is 0 Å². The van der Waals surface area contributed by atoms with Gasteiger partial charge in [0.1, 0.15) is 17.8 Å². The number of aliphatic carboxylic acids is 1. The van der Waals surface area contributed by atoms with Gasteiger partial charge < -0.3 is 25.0 Å². The number of thioether (sulfide) groups is 1. The normalized spacial score (nSPS) is 27.7. The fraction of sp³-hybridized carbons (Fsp3) is 0.438. The summed E-state index contributed by atoms with van der Waals surface area (Å²) in [6, 6.07) is 4.40. The number of fused-ring (bicyclic) bond motifs is 1. The van der Waals surface area contributed by atoms with Crippen LogP contribution in [0.15, 0.2) is 24.3 Å². The minimum atomic E-state index is -1.59. The molecule has 2 saturated heterocycles. The molecule has 4 atom stereocenters. The molecule has 0 radical (unpaired) electrons. The number of carbonyl (C=O) groups excluding carboxylic acids is 3. The maximum absolute atomic E-state index is 12.4. The van der Waals surface area contributed by atoms with Gasteiger partial charge in [0.15, 0.2) is 5.78 Å². The third-order valence-corrected chi connectivity index (χ3v) is 6.04. The van der Waals surface area contributed by atoms with Crippen LogP contribution in [0.5, 0.6) is 5.75 Å². The Hall–Kier alpha value is -0.424. The predicted octanol–water partition coefficient (Wildman–Crippen LogP) is -3.63. The van der Waals surface area contributed by atoms with Gasteiger partial charge in [-0.15, -0.1) is 11.8 Å². The average Bonchev–Trinajstić information content (AvgIpc) is 2.74. The first-order valence-corrected chi connectivity index (χ1v) is 8.25. The molecule has 2 heterocycles. The summed E-state index contributed by atoms with van der Waals surface area (Å²) < 4.78 is -0.776. The van der Waals surface area contributed by atoms with Crippen molar-refractivity contribution in [2.75, 3.05) is 0 Å². The van der Waals surface area contributed by atoms with Crippen LogP contribution < -0.4 is 56.5 Å². The molecule has 9 heteroatoms. The summed E-state index contributed by atoms with van der Waals surface area (Å²) >= 11 is 1.23. The first kappa shape index (κ1) is 20.9. The Morgan fingerprint density at radius 3 is 2.56 bits per heavy atom. The second-order valence-corrected chi connectivity index (χ2v) is 8.24. The number of phenolic OH excluding ortho intramolecular Hbond substituents is 1. The molecular formula is C16H16KNO6S. The van der Waals surface area contributed by atoms with Crippen molar-refractivity contribution >= 4 is 29.4 Å². The molecule has 2 N–H and O–H groups in total. The van der Waals surface area contributed by atoms with Gasteiger partial charge in [-0.3, -0.25) is 9.59 Å². The maximum atomic E-state index is 12.4. The molecule has 2 aliphatic rings. The molecule has 1 amide bonds. The van der Waals surface area contributed by atoms with E-state index in [-0.39, 0.29) is 62.7 Å². The second kappa shape index (κ2) is 7.30. The molecule has 0 bridgehead atoms. The van der Waals surface area contributed by atoms with E-state index in [2.05, 4.69) is 0 Å². The number of Topliss-reactive ketones (excluding diaryl/α,β-unsaturated/α-hetero) is 1. The second-order valence-electron chi connectivity index (χ2n) is 6.46. The number of nitrogens with zero attached hydrogens (tertiary/aromatic N) is 1. The zero-order valence-corrected chi connectivity index (χ0v) is 17.9. The number of ketones is 1. The molecule has 7 nitrogen and oxygen atoms in total. The van der Waals surface area contributed by atoms with Crippen LogP contribution in [0.1, 0.15) is 24.2 Å². The quantitative estimate of drug-likeness (QED) is 0.310. The number of aliphatic hydroxyl groups is 1. The van der Waals surface area contributed by atoms with Crippen LogP contribution in [0, 0.1) is 5.92 Å². The molecule has 0 saturated carbocycles. The van der Waals surface area contributed by atoms with E-state index in [0.717, 1.165) is 0 Å². The largest absolute Gasteiger partial charge is 1.00 e. The van der Waals surface area contributed by atoms with Crippen LogP contribution in [-0.2, 0) is 9.59 Å². The van der Waals surface area contributed by atoms with E-state index in [9.17, 15) is 29.7 Å². The Morgan fingerprint density at radius 1 is 1.36 bits per heavy atom. The van der Waals surface area contributed by atoms with E-state index >= 15 is 0 Å². The molecule has 1 aromatic rings. The summed E-state index contributed by atoms with van der Waals surface area (Å²) in [4.78, 5) is 37.2. The minimum Gasteiger partial charge on any atom is -0.548 e. The van der Waals surface area contributed by atoms with Gasteiger partial charge >= 0.3 is 51.4 Å². The first-order chi connectivity index (χ1) is 11.1. The monoisotopic (exact) mass is 389 g/mol. The van der Waals surface area contributed by atoms with E-state index in [0.29, 0.717) is 0 Å². The molecule has 128 valence electrons. The van der Waals surface area contributed by atoms with Gasteiger partial charge in [0.05, 0.1) is 17.4 Å². The van der Waals surface area contributed by atoms with E-state index < -0.39 is 45.8 Å². The Balaban J connectivity index is 0.00000225. The summed E-state index contributed by atoms with van der Waals surface area (Å²) in [7, 11) is 0. The van der Waals surface area contributed by atoms with Crippen molar-refractivity contribution in [3.8, 4) is 5.75 Å². The number of rotatable bonds is 4. The number of aromatic hydroxyl groups is 1. The molecule has 0 aromatic heterocycles. The molecule has 3 rings (SSSR count). The molecule has 0 spiro atoms. The third-order valence-electron chi connectivity index (χ3n) is 4.44. The van der Waals surface area contributed by atoms with Crippen LogP contribution in [0.4, 0.5) is 0 Å². The number of phenols is 1. The van der Waals surface area contributed by atoms with Crippen molar-refractivity contribution in [2.24, 2.45) is 5.92 Å². The average molecular weight is 389 g/mol. The number of benzene rings is 1. The van der Waals surface area contributed by atoms with Gasteiger partial charge in [0, 0.05) is 10.3 Å². The van der Waals surface area contributed by atoms with E-state index in [4.69, 9.17) is 0 Å². The van der Waals surface area contributed by atoms with E-state index in [1.807, 2.05) is 0 Å². The number of carbonyl (C=O) groups is 3. The topological polar surface area (TPSA) is 118 Å². The number of carboxylic acids is 1. The zero-order valence-electron chi connectivity index (χ0n) is 14.0. The SMILES string of the molecule is CC1(C)S[C@@H]2[C@H]([C@H](O)C(=O)c3cccc(O)c3)C(=O)N2[C@H]1C(=O)[O-].[K+]. The van der Waals surface area contributed by atoms with E-state index in [1.54, 1.807) is 13.8 Å². The number of aliphatic hydroxyl groups excluding tert-OH is 1. The number of amides is 1. The van der Waals surface area contributed by atoms with Gasteiger partial charge in [-0.2, -0.15) is 0 Å². The first-order valence-electron chi connectivity index (χ1n) is 7.37. The van der Waals surface area contributed by atoms with Crippen molar-refractivity contribution < 1.29 is 81.1 Å². The van der Waals surface area contributed by atoms with Crippen molar-refractivity contribution in [1.29, 1.82) is 0 Å². The van der Waals surface area contributed by atoms with Crippen LogP contribution in [0.2, 0.25) is 0 Å². The van der Waals surface area contributed by atoms with Crippen LogP contribution in [0.25, 0.3) is 0 Å². The van der Waals surface area contributed by atoms with Gasteiger partial charge in [0.2, 0.25) is 5.91 Å². The van der Waals surface area contributed by atoms with Crippen molar-refractivity contribution in [2.45, 2.75) is 36.1 Å². The Bertz CT molecular complexity index is 739. The van der Waals surface area contributed by atoms with Crippen molar-refractivity contribution in [1.82, 2.24) is 4.90 Å². The van der Waals surface area contributed by atoms with Crippen molar-refractivity contribution in [3.63, 3.8) is 0 Å². The molecule has 2 aliphatic heterocycles. The number of hydrogen-bond acceptors (Lipinski definition) is 7. The summed E-state index contributed by atoms with van der Waals surface area (Å²) in [5.74, 6) is -3.74. The van der Waals surface area contributed by atoms with E-state index in [1.165, 1.54) is 40.9 Å². The Morgan fingerprint density at radius 2 is 2.00 bits per heavy atom. The standard InChI is InChI=1S/C16H17NO6S.K/c1-16(2)12(15(22)23)17-13(21)9(14(17)24-16)11(20)10(19)7-4-3-5-8(18)6-7;/h3-6,9,11-12,14,18,20H,1-2H3,(H,22,23);/q;+1/p-1/t9-,11+,12+,14-;/m1./s1. The van der Waals surface area contributed by atoms with Crippen LogP contribution >= 0.6 is 11.8 Å². The van der Waals surface area contributed by atoms with Gasteiger partial charge in [-0.1, -0.05) is 12.1 Å². The molecule has 25 heavy (non-hydrogen) atoms. The number of carboxylic acid groups (broad SMARTS) is 1. The summed E-state index contributed by atoms with van der Waals surface area (Å²) in [5, 5.41) is 30.5. The maximum Gasteiger partial charge on any atom is 1.00 e. The predicted molar refractivity (Wildman–Crippen MR) is 83.0 cm³/mol. The van der Waals surface area contributed by atoms with Gasteiger partial charge in [0.25, 0.3) is 0 Å². The molecule has 1 aromatic carbocycles. The smallest absolute Gasteiger partial charge is 0.548 e. The summed E-state index contributed by atoms with van der Waals surface area (Å²) in [6.45, 7) is 3.37. The number of hydrogen-bond donors (Lipinski definition) is 2. The fourth-order valence-corrected chi connectivity index (χ4v) is 5.02. The Labute approximate surface area is 191 Å². The zero-order chi connectivity index (χ0) is 17.8. The van der Waals surface area contributed by atoms with Crippen LogP contribution in [0.3, 0.4) is 0 Å². The molecule has 2 fully saturated rings. The molecular weight excluding hydrogens is 373 g/mol. The Kier molecular flexibility index (Phi) is 6.10. The van der Waals surface area contributed by atoms with Crippen molar-refractivity contribution in [3.05, 3.63) is 29.8 Å². The molecule has 0 aliphatic carbocycles. The number of β-lactam (4-membered cyclic amide) rings is 1. The third kappa shape index (κ3) is 3.43. The fourth-order valence-electron chi connectivity index (χ4n) is 3.31. The van der Waals surface area contributed by atoms with Crippen LogP contribution in [-0.4, -0.2) is 55.0 Å². The molecule has 0 unspecified atom stereocenters. The summed E-state index contributed by atoms with van der Waals surface area (Å²) in [6.07, 6.45) is -1.59. The summed E-state index contributed by atoms with van der Waals surface area (Å²) in [5.41, 5.74) is 0.0902. The van der Waals surface area contributed by atoms with Gasteiger partial charge in [-0.05, 0) is 26.0 Å².